The Hall–Kier alpha value is -1.07. The quantitative estimate of drug-likeness (QED) is 0.842. The molecular formula is C10H13ClN2O2S. The Morgan fingerprint density at radius 2 is 2.38 bits per heavy atom. The summed E-state index contributed by atoms with van der Waals surface area (Å²) in [6, 6.07) is 1.46. The molecule has 0 saturated heterocycles. The van der Waals surface area contributed by atoms with Gasteiger partial charge in [0.05, 0.1) is 16.8 Å². The standard InChI is InChI=1S/C10H13ClN2O2S/c1-6(5-8(12)16)13(2)10(14)7-3-4-15-9(7)11/h3-4,6H,5H2,1-2H3,(H2,12,16). The van der Waals surface area contributed by atoms with Crippen LogP contribution in [0.5, 0.6) is 0 Å². The number of halogens is 1. The molecule has 0 aromatic carbocycles. The van der Waals surface area contributed by atoms with Crippen molar-refractivity contribution in [1.82, 2.24) is 4.90 Å². The minimum Gasteiger partial charge on any atom is -0.452 e. The van der Waals surface area contributed by atoms with Gasteiger partial charge in [0, 0.05) is 19.5 Å². The van der Waals surface area contributed by atoms with E-state index < -0.39 is 0 Å². The number of amides is 1. The molecule has 0 spiro atoms. The van der Waals surface area contributed by atoms with E-state index in [1.165, 1.54) is 17.2 Å². The van der Waals surface area contributed by atoms with Gasteiger partial charge in [0.1, 0.15) is 0 Å². The van der Waals surface area contributed by atoms with Crippen molar-refractivity contribution in [1.29, 1.82) is 0 Å². The largest absolute Gasteiger partial charge is 0.452 e. The predicted octanol–water partition coefficient (Wildman–Crippen LogP) is 2.07. The summed E-state index contributed by atoms with van der Waals surface area (Å²) in [6.07, 6.45) is 1.86. The van der Waals surface area contributed by atoms with E-state index in [-0.39, 0.29) is 17.2 Å². The van der Waals surface area contributed by atoms with Gasteiger partial charge in [-0.3, -0.25) is 4.79 Å². The fourth-order valence-electron chi connectivity index (χ4n) is 1.26. The van der Waals surface area contributed by atoms with Crippen molar-refractivity contribution in [2.75, 3.05) is 7.05 Å². The number of nitrogens with zero attached hydrogens (tertiary/aromatic N) is 1. The lowest BCUT2D eigenvalue weighted by atomic mass is 10.2. The van der Waals surface area contributed by atoms with Crippen LogP contribution in [0.4, 0.5) is 0 Å². The first kappa shape index (κ1) is 13.0. The smallest absolute Gasteiger partial charge is 0.258 e. The van der Waals surface area contributed by atoms with E-state index in [4.69, 9.17) is 34.0 Å². The highest BCUT2D eigenvalue weighted by molar-refractivity contribution is 7.80. The highest BCUT2D eigenvalue weighted by Crippen LogP contribution is 2.19. The zero-order chi connectivity index (χ0) is 12.3. The third-order valence-electron chi connectivity index (χ3n) is 2.33. The maximum Gasteiger partial charge on any atom is 0.258 e. The summed E-state index contributed by atoms with van der Waals surface area (Å²) >= 11 is 10.5. The fourth-order valence-corrected chi connectivity index (χ4v) is 1.70. The molecule has 1 heterocycles. The number of furan rings is 1. The summed E-state index contributed by atoms with van der Waals surface area (Å²) < 4.78 is 4.86. The second-order valence-corrected chi connectivity index (χ2v) is 4.41. The molecule has 16 heavy (non-hydrogen) atoms. The van der Waals surface area contributed by atoms with Crippen LogP contribution >= 0.6 is 23.8 Å². The molecule has 1 atom stereocenters. The number of hydrogen-bond acceptors (Lipinski definition) is 3. The van der Waals surface area contributed by atoms with Crippen molar-refractivity contribution < 1.29 is 9.21 Å². The van der Waals surface area contributed by atoms with Crippen LogP contribution in [-0.2, 0) is 0 Å². The Labute approximate surface area is 104 Å². The molecule has 0 fully saturated rings. The maximum absolute atomic E-state index is 11.9. The molecule has 0 aliphatic rings. The summed E-state index contributed by atoms with van der Waals surface area (Å²) in [5.74, 6) is -0.206. The molecule has 1 aromatic rings. The highest BCUT2D eigenvalue weighted by Gasteiger charge is 2.21. The molecule has 4 nitrogen and oxygen atoms in total. The van der Waals surface area contributed by atoms with E-state index in [0.29, 0.717) is 17.0 Å². The van der Waals surface area contributed by atoms with Crippen LogP contribution in [0.2, 0.25) is 5.22 Å². The summed E-state index contributed by atoms with van der Waals surface area (Å²) in [7, 11) is 1.68. The number of thiocarbonyl (C=S) groups is 1. The van der Waals surface area contributed by atoms with Gasteiger partial charge < -0.3 is 15.1 Å². The van der Waals surface area contributed by atoms with Crippen LogP contribution in [0.3, 0.4) is 0 Å². The molecule has 0 aliphatic carbocycles. The van der Waals surface area contributed by atoms with Crippen LogP contribution in [0.25, 0.3) is 0 Å². The predicted molar refractivity (Wildman–Crippen MR) is 66.7 cm³/mol. The van der Waals surface area contributed by atoms with Crippen molar-refractivity contribution in [3.63, 3.8) is 0 Å². The first-order valence-corrected chi connectivity index (χ1v) is 5.50. The van der Waals surface area contributed by atoms with Gasteiger partial charge in [0.15, 0.2) is 0 Å². The van der Waals surface area contributed by atoms with Crippen LogP contribution in [-0.4, -0.2) is 28.9 Å². The van der Waals surface area contributed by atoms with E-state index in [2.05, 4.69) is 0 Å². The number of nitrogens with two attached hydrogens (primary N) is 1. The van der Waals surface area contributed by atoms with E-state index >= 15 is 0 Å². The molecule has 6 heteroatoms. The number of rotatable bonds is 4. The maximum atomic E-state index is 11.9. The van der Waals surface area contributed by atoms with Crippen LogP contribution in [0.15, 0.2) is 16.7 Å². The molecule has 0 bridgehead atoms. The molecule has 0 radical (unpaired) electrons. The van der Waals surface area contributed by atoms with Gasteiger partial charge >= 0.3 is 0 Å². The second-order valence-electron chi connectivity index (χ2n) is 3.54. The third-order valence-corrected chi connectivity index (χ3v) is 2.79. The Morgan fingerprint density at radius 3 is 2.81 bits per heavy atom. The summed E-state index contributed by atoms with van der Waals surface area (Å²) in [5.41, 5.74) is 5.78. The first-order valence-electron chi connectivity index (χ1n) is 4.72. The van der Waals surface area contributed by atoms with Crippen molar-refractivity contribution in [3.05, 3.63) is 23.1 Å². The summed E-state index contributed by atoms with van der Waals surface area (Å²) in [4.78, 5) is 13.9. The number of hydrogen-bond donors (Lipinski definition) is 1. The molecule has 1 amide bonds. The van der Waals surface area contributed by atoms with Crippen LogP contribution in [0, 0.1) is 0 Å². The molecule has 0 aliphatic heterocycles. The number of carbonyl (C=O) groups excluding carboxylic acids is 1. The molecule has 2 N–H and O–H groups in total. The van der Waals surface area contributed by atoms with Crippen molar-refractivity contribution >= 4 is 34.7 Å². The fraction of sp³-hybridized carbons (Fsp3) is 0.400. The minimum absolute atomic E-state index is 0.0732. The van der Waals surface area contributed by atoms with E-state index in [9.17, 15) is 4.79 Å². The average Bonchev–Trinajstić information content (AvgIpc) is 2.61. The van der Waals surface area contributed by atoms with Gasteiger partial charge in [-0.05, 0) is 24.6 Å². The molecule has 1 rings (SSSR count). The van der Waals surface area contributed by atoms with E-state index in [0.717, 1.165) is 0 Å². The second kappa shape index (κ2) is 5.32. The van der Waals surface area contributed by atoms with Gasteiger partial charge in [-0.25, -0.2) is 0 Å². The Balaban J connectivity index is 2.75. The normalized spacial score (nSPS) is 12.2. The van der Waals surface area contributed by atoms with Gasteiger partial charge in [-0.2, -0.15) is 0 Å². The van der Waals surface area contributed by atoms with Crippen molar-refractivity contribution in [3.8, 4) is 0 Å². The number of carbonyl (C=O) groups is 1. The lowest BCUT2D eigenvalue weighted by Gasteiger charge is -2.24. The van der Waals surface area contributed by atoms with Gasteiger partial charge in [0.2, 0.25) is 5.22 Å². The van der Waals surface area contributed by atoms with Crippen LogP contribution < -0.4 is 5.73 Å². The summed E-state index contributed by atoms with van der Waals surface area (Å²) in [6.45, 7) is 1.87. The molecular weight excluding hydrogens is 248 g/mol. The highest BCUT2D eigenvalue weighted by atomic mass is 35.5. The molecule has 1 unspecified atom stereocenters. The monoisotopic (exact) mass is 260 g/mol. The lowest BCUT2D eigenvalue weighted by molar-refractivity contribution is 0.0747. The zero-order valence-corrected chi connectivity index (χ0v) is 10.6. The summed E-state index contributed by atoms with van der Waals surface area (Å²) in [5, 5.41) is 0.0966. The first-order chi connectivity index (χ1) is 7.43. The van der Waals surface area contributed by atoms with Crippen LogP contribution in [0.1, 0.15) is 23.7 Å². The third kappa shape index (κ3) is 2.96. The average molecular weight is 261 g/mol. The molecule has 0 saturated carbocycles. The molecule has 88 valence electrons. The van der Waals surface area contributed by atoms with Gasteiger partial charge in [0.25, 0.3) is 5.91 Å². The topological polar surface area (TPSA) is 59.5 Å². The van der Waals surface area contributed by atoms with Crippen molar-refractivity contribution in [2.24, 2.45) is 5.73 Å². The zero-order valence-electron chi connectivity index (χ0n) is 9.07. The van der Waals surface area contributed by atoms with E-state index in [1.54, 1.807) is 7.05 Å². The lowest BCUT2D eigenvalue weighted by Crippen LogP contribution is -2.37. The Morgan fingerprint density at radius 1 is 1.75 bits per heavy atom. The van der Waals surface area contributed by atoms with Gasteiger partial charge in [-0.15, -0.1) is 0 Å². The van der Waals surface area contributed by atoms with E-state index in [1.807, 2.05) is 6.92 Å². The minimum atomic E-state index is -0.206. The SMILES string of the molecule is CC(CC(N)=S)N(C)C(=O)c1ccoc1Cl. The van der Waals surface area contributed by atoms with Crippen molar-refractivity contribution in [2.45, 2.75) is 19.4 Å². The Bertz CT molecular complexity index is 405. The Kier molecular flexibility index (Phi) is 4.32. The van der Waals surface area contributed by atoms with Gasteiger partial charge in [-0.1, -0.05) is 12.2 Å². The molecule has 1 aromatic heterocycles.